The van der Waals surface area contributed by atoms with E-state index >= 15 is 0 Å². The first-order chi connectivity index (χ1) is 21.8. The Morgan fingerprint density at radius 2 is 1.39 bits per heavy atom. The fourth-order valence-electron chi connectivity index (χ4n) is 6.11. The molecule has 0 amide bonds. The number of fused-ring (bicyclic) bond motifs is 5. The van der Waals surface area contributed by atoms with Crippen LogP contribution in [0.3, 0.4) is 0 Å². The number of aromatic nitrogens is 2. The lowest BCUT2D eigenvalue weighted by Crippen LogP contribution is -2.16. The van der Waals surface area contributed by atoms with Gasteiger partial charge in [-0.15, -0.1) is 11.3 Å². The summed E-state index contributed by atoms with van der Waals surface area (Å²) in [6.45, 7) is 4.52. The summed E-state index contributed by atoms with van der Waals surface area (Å²) in [6, 6.07) is 51.1. The van der Waals surface area contributed by atoms with Gasteiger partial charge in [0, 0.05) is 34.3 Å². The van der Waals surface area contributed by atoms with Gasteiger partial charge in [0.2, 0.25) is 0 Å². The molecule has 0 N–H and O–H groups in total. The molecule has 0 radical (unpaired) electrons. The van der Waals surface area contributed by atoms with Crippen molar-refractivity contribution in [1.29, 1.82) is 0 Å². The van der Waals surface area contributed by atoms with Crippen LogP contribution < -0.4 is 4.90 Å². The number of anilines is 2. The molecule has 5 heteroatoms. The van der Waals surface area contributed by atoms with Gasteiger partial charge in [-0.25, -0.2) is 4.98 Å². The predicted molar refractivity (Wildman–Crippen MR) is 187 cm³/mol. The lowest BCUT2D eigenvalue weighted by Gasteiger charge is -2.26. The summed E-state index contributed by atoms with van der Waals surface area (Å²) in [5.74, 6) is 0. The molecule has 0 spiro atoms. The maximum atomic E-state index is 5.17. The van der Waals surface area contributed by atoms with Gasteiger partial charge in [0.25, 0.3) is 0 Å². The topological polar surface area (TPSA) is 33.4 Å². The van der Waals surface area contributed by atoms with E-state index in [1.807, 2.05) is 30.3 Å². The maximum Gasteiger partial charge on any atom is 0.124 e. The van der Waals surface area contributed by atoms with Crippen molar-refractivity contribution in [3.05, 3.63) is 151 Å². The zero-order valence-electron chi connectivity index (χ0n) is 24.0. The molecule has 0 fully saturated rings. The third-order valence-electron chi connectivity index (χ3n) is 8.16. The SMILES string of the molecule is C=Nc1ccccc1N(Cc1ccc(-n2c3ccccc3c3c4nc(-c5ccccc5)sc4ccc32)cc1)c1ccccc1. The summed E-state index contributed by atoms with van der Waals surface area (Å²) in [5.41, 5.74) is 9.87. The average molecular weight is 585 g/mol. The van der Waals surface area contributed by atoms with Crippen LogP contribution in [0, 0.1) is 0 Å². The standard InChI is InChI=1S/C39H28N4S/c1-40-32-17-9-11-19-34(32)42(29-14-6-3-7-15-29)26-27-20-22-30(23-21-27)43-33-18-10-8-16-31(33)37-35(43)24-25-36-38(37)41-39(44-36)28-12-4-2-5-13-28/h2-25H,1,26H2. The number of hydrogen-bond acceptors (Lipinski definition) is 4. The van der Waals surface area contributed by atoms with Crippen LogP contribution >= 0.6 is 11.3 Å². The molecule has 0 saturated heterocycles. The second-order valence-corrected chi connectivity index (χ2v) is 11.8. The van der Waals surface area contributed by atoms with Gasteiger partial charge in [0.1, 0.15) is 5.01 Å². The first kappa shape index (κ1) is 26.1. The summed E-state index contributed by atoms with van der Waals surface area (Å²) in [5, 5.41) is 3.46. The highest BCUT2D eigenvalue weighted by Crippen LogP contribution is 2.40. The van der Waals surface area contributed by atoms with Crippen molar-refractivity contribution in [2.75, 3.05) is 4.90 Å². The normalized spacial score (nSPS) is 11.4. The van der Waals surface area contributed by atoms with Crippen LogP contribution in [-0.4, -0.2) is 16.3 Å². The summed E-state index contributed by atoms with van der Waals surface area (Å²) in [6.07, 6.45) is 0. The monoisotopic (exact) mass is 584 g/mol. The van der Waals surface area contributed by atoms with Crippen LogP contribution in [0.1, 0.15) is 5.56 Å². The molecule has 210 valence electrons. The number of hydrogen-bond donors (Lipinski definition) is 0. The third kappa shape index (κ3) is 4.46. The molecule has 2 heterocycles. The Morgan fingerprint density at radius 1 is 0.682 bits per heavy atom. The molecule has 0 bridgehead atoms. The molecular weight excluding hydrogens is 557 g/mol. The fraction of sp³-hybridized carbons (Fsp3) is 0.0256. The van der Waals surface area contributed by atoms with Crippen molar-refractivity contribution in [2.45, 2.75) is 6.54 Å². The van der Waals surface area contributed by atoms with Gasteiger partial charge in [0.05, 0.1) is 32.6 Å². The lowest BCUT2D eigenvalue weighted by molar-refractivity contribution is 0.973. The Balaban J connectivity index is 1.22. The largest absolute Gasteiger partial charge is 0.335 e. The number of thiazole rings is 1. The lowest BCUT2D eigenvalue weighted by atomic mass is 10.1. The first-order valence-corrected chi connectivity index (χ1v) is 15.5. The summed E-state index contributed by atoms with van der Waals surface area (Å²) in [7, 11) is 0. The molecule has 44 heavy (non-hydrogen) atoms. The number of aliphatic imine (C=N–C) groups is 1. The van der Waals surface area contributed by atoms with Gasteiger partial charge in [-0.05, 0) is 66.9 Å². The highest BCUT2D eigenvalue weighted by atomic mass is 32.1. The van der Waals surface area contributed by atoms with E-state index in [1.165, 1.54) is 26.6 Å². The van der Waals surface area contributed by atoms with Gasteiger partial charge in [-0.2, -0.15) is 0 Å². The van der Waals surface area contributed by atoms with E-state index in [4.69, 9.17) is 4.98 Å². The molecule has 0 aliphatic carbocycles. The van der Waals surface area contributed by atoms with Gasteiger partial charge in [0.15, 0.2) is 0 Å². The van der Waals surface area contributed by atoms with Crippen molar-refractivity contribution in [3.63, 3.8) is 0 Å². The number of benzene rings is 6. The smallest absolute Gasteiger partial charge is 0.124 e. The molecule has 2 aromatic heterocycles. The van der Waals surface area contributed by atoms with E-state index in [2.05, 4.69) is 136 Å². The molecular formula is C39H28N4S. The van der Waals surface area contributed by atoms with Gasteiger partial charge in [-0.1, -0.05) is 91.0 Å². The van der Waals surface area contributed by atoms with Crippen LogP contribution in [-0.2, 0) is 6.54 Å². The van der Waals surface area contributed by atoms with Crippen molar-refractivity contribution in [1.82, 2.24) is 9.55 Å². The molecule has 6 aromatic carbocycles. The Labute approximate surface area is 259 Å². The van der Waals surface area contributed by atoms with Crippen molar-refractivity contribution < 1.29 is 0 Å². The van der Waals surface area contributed by atoms with E-state index in [-0.39, 0.29) is 0 Å². The number of para-hydroxylation sites is 4. The van der Waals surface area contributed by atoms with E-state index < -0.39 is 0 Å². The second kappa shape index (κ2) is 11.0. The van der Waals surface area contributed by atoms with Gasteiger partial charge in [-0.3, -0.25) is 4.99 Å². The highest BCUT2D eigenvalue weighted by molar-refractivity contribution is 7.21. The van der Waals surface area contributed by atoms with E-state index in [1.54, 1.807) is 11.3 Å². The van der Waals surface area contributed by atoms with Crippen LogP contribution in [0.4, 0.5) is 17.1 Å². The maximum absolute atomic E-state index is 5.17. The predicted octanol–water partition coefficient (Wildman–Crippen LogP) is 10.7. The summed E-state index contributed by atoms with van der Waals surface area (Å²) < 4.78 is 3.56. The van der Waals surface area contributed by atoms with Gasteiger partial charge < -0.3 is 9.47 Å². The zero-order chi connectivity index (χ0) is 29.5. The Kier molecular flexibility index (Phi) is 6.51. The fourth-order valence-corrected chi connectivity index (χ4v) is 7.09. The van der Waals surface area contributed by atoms with Crippen LogP contribution in [0.25, 0.3) is 48.3 Å². The number of nitrogens with zero attached hydrogens (tertiary/aromatic N) is 4. The number of rotatable bonds is 7. The molecule has 0 atom stereocenters. The van der Waals surface area contributed by atoms with Crippen molar-refractivity contribution in [3.8, 4) is 16.3 Å². The molecule has 8 rings (SSSR count). The third-order valence-corrected chi connectivity index (χ3v) is 9.23. The second-order valence-electron chi connectivity index (χ2n) is 10.8. The minimum atomic E-state index is 0.700. The quantitative estimate of drug-likeness (QED) is 0.175. The Bertz CT molecular complexity index is 2270. The summed E-state index contributed by atoms with van der Waals surface area (Å²) in [4.78, 5) is 11.8. The van der Waals surface area contributed by atoms with Gasteiger partial charge >= 0.3 is 0 Å². The molecule has 4 nitrogen and oxygen atoms in total. The zero-order valence-corrected chi connectivity index (χ0v) is 24.8. The van der Waals surface area contributed by atoms with Crippen LogP contribution in [0.15, 0.2) is 151 Å². The molecule has 0 saturated carbocycles. The minimum Gasteiger partial charge on any atom is -0.335 e. The summed E-state index contributed by atoms with van der Waals surface area (Å²) >= 11 is 1.75. The van der Waals surface area contributed by atoms with E-state index in [0.29, 0.717) is 6.54 Å². The Hall–Kier alpha value is -5.52. The van der Waals surface area contributed by atoms with Crippen LogP contribution in [0.2, 0.25) is 0 Å². The molecule has 0 aliphatic heterocycles. The molecule has 8 aromatic rings. The molecule has 0 aliphatic rings. The molecule has 0 unspecified atom stereocenters. The van der Waals surface area contributed by atoms with E-state index in [0.717, 1.165) is 44.4 Å². The average Bonchev–Trinajstić information content (AvgIpc) is 3.68. The minimum absolute atomic E-state index is 0.700. The van der Waals surface area contributed by atoms with Crippen molar-refractivity contribution in [2.24, 2.45) is 4.99 Å². The highest BCUT2D eigenvalue weighted by Gasteiger charge is 2.18. The Morgan fingerprint density at radius 3 is 2.18 bits per heavy atom. The van der Waals surface area contributed by atoms with Crippen LogP contribution in [0.5, 0.6) is 0 Å². The van der Waals surface area contributed by atoms with Crippen molar-refractivity contribution >= 4 is 67.1 Å². The first-order valence-electron chi connectivity index (χ1n) is 14.6. The van der Waals surface area contributed by atoms with E-state index in [9.17, 15) is 0 Å².